The third kappa shape index (κ3) is 1.84. The fraction of sp³-hybridized carbons (Fsp3) is 0.455. The fourth-order valence-corrected chi connectivity index (χ4v) is 2.70. The smallest absolute Gasteiger partial charge is 0.0187 e. The minimum Gasteiger partial charge on any atom is -0.157 e. The van der Waals surface area contributed by atoms with Gasteiger partial charge >= 0.3 is 0 Å². The van der Waals surface area contributed by atoms with Crippen molar-refractivity contribution in [2.45, 2.75) is 25.0 Å². The molecule has 0 amide bonds. The zero-order chi connectivity index (χ0) is 8.23. The first-order chi connectivity index (χ1) is 5.97. The van der Waals surface area contributed by atoms with E-state index in [1.165, 1.54) is 30.8 Å². The van der Waals surface area contributed by atoms with Gasteiger partial charge in [0.05, 0.1) is 0 Å². The summed E-state index contributed by atoms with van der Waals surface area (Å²) in [6.45, 7) is 0. The third-order valence-corrected chi connectivity index (χ3v) is 3.45. The van der Waals surface area contributed by atoms with Crippen LogP contribution >= 0.6 is 11.8 Å². The maximum absolute atomic E-state index is 2.28. The highest BCUT2D eigenvalue weighted by Gasteiger charge is 2.04. The van der Waals surface area contributed by atoms with Crippen molar-refractivity contribution in [3.63, 3.8) is 0 Å². The van der Waals surface area contributed by atoms with Crippen LogP contribution in [0.5, 0.6) is 0 Å². The molecular formula is C11H14S. The maximum Gasteiger partial charge on any atom is 0.0187 e. The first-order valence-corrected chi connectivity index (χ1v) is 5.77. The van der Waals surface area contributed by atoms with Crippen LogP contribution in [0.15, 0.2) is 24.3 Å². The number of hydrogen-bond acceptors (Lipinski definition) is 1. The maximum atomic E-state index is 2.28. The standard InChI is InChI=1S/C11H14S/c1-2-7-11-9-12-8-4-3-6-10(11)5-1/h1-2,5,7H,3-4,6,8-9H2. The van der Waals surface area contributed by atoms with Crippen molar-refractivity contribution in [3.8, 4) is 0 Å². The van der Waals surface area contributed by atoms with Crippen LogP contribution in [0.2, 0.25) is 0 Å². The van der Waals surface area contributed by atoms with Crippen molar-refractivity contribution < 1.29 is 0 Å². The molecule has 1 heterocycles. The predicted molar refractivity (Wildman–Crippen MR) is 55.5 cm³/mol. The zero-order valence-corrected chi connectivity index (χ0v) is 8.07. The molecule has 1 aliphatic rings. The molecule has 0 aromatic heterocycles. The molecule has 0 nitrogen and oxygen atoms in total. The Kier molecular flexibility index (Phi) is 2.72. The lowest BCUT2D eigenvalue weighted by Gasteiger charge is -2.12. The number of fused-ring (bicyclic) bond motifs is 1. The monoisotopic (exact) mass is 178 g/mol. The molecule has 0 fully saturated rings. The Morgan fingerprint density at radius 3 is 2.75 bits per heavy atom. The number of rotatable bonds is 0. The second kappa shape index (κ2) is 3.99. The zero-order valence-electron chi connectivity index (χ0n) is 7.25. The van der Waals surface area contributed by atoms with Gasteiger partial charge in [-0.05, 0) is 36.1 Å². The molecule has 1 heteroatoms. The van der Waals surface area contributed by atoms with Crippen LogP contribution in [0.4, 0.5) is 0 Å². The van der Waals surface area contributed by atoms with Crippen molar-refractivity contribution in [2.24, 2.45) is 0 Å². The van der Waals surface area contributed by atoms with E-state index in [9.17, 15) is 0 Å². The summed E-state index contributed by atoms with van der Waals surface area (Å²) in [7, 11) is 0. The van der Waals surface area contributed by atoms with Gasteiger partial charge in [0.25, 0.3) is 0 Å². The molecule has 0 unspecified atom stereocenters. The van der Waals surface area contributed by atoms with Gasteiger partial charge in [0, 0.05) is 5.75 Å². The average Bonchev–Trinajstić information content (AvgIpc) is 2.06. The summed E-state index contributed by atoms with van der Waals surface area (Å²) < 4.78 is 0. The molecular weight excluding hydrogens is 164 g/mol. The molecule has 0 atom stereocenters. The van der Waals surface area contributed by atoms with Crippen LogP contribution in [0.3, 0.4) is 0 Å². The van der Waals surface area contributed by atoms with E-state index in [0.29, 0.717) is 0 Å². The van der Waals surface area contributed by atoms with Crippen molar-refractivity contribution in [3.05, 3.63) is 35.4 Å². The molecule has 0 saturated carbocycles. The summed E-state index contributed by atoms with van der Waals surface area (Å²) in [5.74, 6) is 2.56. The molecule has 0 saturated heterocycles. The van der Waals surface area contributed by atoms with Crippen LogP contribution in [0.25, 0.3) is 0 Å². The van der Waals surface area contributed by atoms with Crippen molar-refractivity contribution >= 4 is 11.8 Å². The summed E-state index contributed by atoms with van der Waals surface area (Å²) in [4.78, 5) is 0. The lowest BCUT2D eigenvalue weighted by Crippen LogP contribution is -1.97. The van der Waals surface area contributed by atoms with E-state index < -0.39 is 0 Å². The fourth-order valence-electron chi connectivity index (χ4n) is 1.64. The molecule has 12 heavy (non-hydrogen) atoms. The summed E-state index contributed by atoms with van der Waals surface area (Å²) in [6, 6.07) is 8.86. The minimum atomic E-state index is 1.22. The van der Waals surface area contributed by atoms with E-state index >= 15 is 0 Å². The van der Waals surface area contributed by atoms with Crippen LogP contribution in [-0.4, -0.2) is 5.75 Å². The van der Waals surface area contributed by atoms with Crippen LogP contribution in [0.1, 0.15) is 24.0 Å². The highest BCUT2D eigenvalue weighted by atomic mass is 32.2. The van der Waals surface area contributed by atoms with Crippen LogP contribution < -0.4 is 0 Å². The SMILES string of the molecule is c1ccc2c(c1)CCCCSC2. The molecule has 0 bridgehead atoms. The van der Waals surface area contributed by atoms with Gasteiger partial charge in [-0.25, -0.2) is 0 Å². The Hall–Kier alpha value is -0.430. The molecule has 0 aliphatic carbocycles. The second-order valence-electron chi connectivity index (χ2n) is 3.28. The van der Waals surface area contributed by atoms with E-state index in [-0.39, 0.29) is 0 Å². The molecule has 0 radical (unpaired) electrons. The van der Waals surface area contributed by atoms with Crippen LogP contribution in [-0.2, 0) is 12.2 Å². The van der Waals surface area contributed by atoms with Gasteiger partial charge in [0.2, 0.25) is 0 Å². The molecule has 1 aromatic carbocycles. The van der Waals surface area contributed by atoms with Gasteiger partial charge in [0.15, 0.2) is 0 Å². The number of aryl methyl sites for hydroxylation is 1. The van der Waals surface area contributed by atoms with Gasteiger partial charge in [0.1, 0.15) is 0 Å². The summed E-state index contributed by atoms with van der Waals surface area (Å²) >= 11 is 2.07. The third-order valence-electron chi connectivity index (χ3n) is 2.36. The minimum absolute atomic E-state index is 1.22. The van der Waals surface area contributed by atoms with Gasteiger partial charge in [-0.2, -0.15) is 11.8 Å². The highest BCUT2D eigenvalue weighted by molar-refractivity contribution is 7.98. The normalized spacial score (nSPS) is 17.7. The topological polar surface area (TPSA) is 0 Å². The quantitative estimate of drug-likeness (QED) is 0.587. The predicted octanol–water partition coefficient (Wildman–Crippen LogP) is 3.26. The van der Waals surface area contributed by atoms with E-state index in [4.69, 9.17) is 0 Å². The molecule has 0 spiro atoms. The van der Waals surface area contributed by atoms with Crippen LogP contribution in [0, 0.1) is 0 Å². The number of thioether (sulfide) groups is 1. The summed E-state index contributed by atoms with van der Waals surface area (Å²) in [5.41, 5.74) is 3.13. The highest BCUT2D eigenvalue weighted by Crippen LogP contribution is 2.22. The van der Waals surface area contributed by atoms with Crippen molar-refractivity contribution in [1.29, 1.82) is 0 Å². The molecule has 1 aromatic rings. The Balaban J connectivity index is 2.24. The van der Waals surface area contributed by atoms with Gasteiger partial charge < -0.3 is 0 Å². The first kappa shape index (κ1) is 8.18. The van der Waals surface area contributed by atoms with E-state index in [0.717, 1.165) is 0 Å². The van der Waals surface area contributed by atoms with E-state index in [1.807, 2.05) is 0 Å². The molecule has 0 N–H and O–H groups in total. The Morgan fingerprint density at radius 1 is 1.00 bits per heavy atom. The largest absolute Gasteiger partial charge is 0.157 e. The molecule has 64 valence electrons. The summed E-state index contributed by atoms with van der Waals surface area (Å²) in [5, 5.41) is 0. The number of hydrogen-bond donors (Lipinski definition) is 0. The van der Waals surface area contributed by atoms with E-state index in [1.54, 1.807) is 11.1 Å². The van der Waals surface area contributed by atoms with Gasteiger partial charge in [-0.15, -0.1) is 0 Å². The first-order valence-electron chi connectivity index (χ1n) is 4.61. The van der Waals surface area contributed by atoms with E-state index in [2.05, 4.69) is 36.0 Å². The summed E-state index contributed by atoms with van der Waals surface area (Å²) in [6.07, 6.45) is 4.04. The lowest BCUT2D eigenvalue weighted by atomic mass is 10.0. The van der Waals surface area contributed by atoms with Gasteiger partial charge in [-0.1, -0.05) is 24.3 Å². The average molecular weight is 178 g/mol. The number of benzene rings is 1. The second-order valence-corrected chi connectivity index (χ2v) is 4.38. The molecule has 2 rings (SSSR count). The van der Waals surface area contributed by atoms with Gasteiger partial charge in [-0.3, -0.25) is 0 Å². The Labute approximate surface area is 78.4 Å². The Morgan fingerprint density at radius 2 is 1.83 bits per heavy atom. The van der Waals surface area contributed by atoms with Crippen molar-refractivity contribution in [2.75, 3.05) is 5.75 Å². The Bertz CT molecular complexity index is 228. The molecule has 1 aliphatic heterocycles. The van der Waals surface area contributed by atoms with Crippen molar-refractivity contribution in [1.82, 2.24) is 0 Å². The lowest BCUT2D eigenvalue weighted by molar-refractivity contribution is 0.792.